The predicted molar refractivity (Wildman–Crippen MR) is 106 cm³/mol. The number of carbonyl (C=O) groups excluding carboxylic acids is 1. The number of hydrogen-bond acceptors (Lipinski definition) is 3. The van der Waals surface area contributed by atoms with Crippen molar-refractivity contribution in [2.75, 3.05) is 6.54 Å². The largest absolute Gasteiger partial charge is 0.334 e. The second kappa shape index (κ2) is 7.44. The molecule has 0 atom stereocenters. The van der Waals surface area contributed by atoms with Crippen molar-refractivity contribution in [1.29, 1.82) is 0 Å². The fraction of sp³-hybridized carbons (Fsp3) is 0.381. The Morgan fingerprint density at radius 1 is 1.04 bits per heavy atom. The molecule has 0 unspecified atom stereocenters. The normalized spacial score (nSPS) is 14.3. The van der Waals surface area contributed by atoms with E-state index in [0.29, 0.717) is 18.7 Å². The Morgan fingerprint density at radius 3 is 2.44 bits per heavy atom. The highest BCUT2D eigenvalue weighted by atomic mass is 32.2. The van der Waals surface area contributed by atoms with E-state index in [-0.39, 0.29) is 16.8 Å². The lowest BCUT2D eigenvalue weighted by atomic mass is 9.98. The van der Waals surface area contributed by atoms with Gasteiger partial charge in [-0.15, -0.1) is 0 Å². The Morgan fingerprint density at radius 2 is 1.78 bits per heavy atom. The Balaban J connectivity index is 1.85. The van der Waals surface area contributed by atoms with Crippen LogP contribution in [0.2, 0.25) is 0 Å². The van der Waals surface area contributed by atoms with Gasteiger partial charge in [0.1, 0.15) is 0 Å². The van der Waals surface area contributed by atoms with Gasteiger partial charge in [-0.2, -0.15) is 0 Å². The number of rotatable bonds is 4. The van der Waals surface area contributed by atoms with Gasteiger partial charge in [-0.25, -0.2) is 13.1 Å². The summed E-state index contributed by atoms with van der Waals surface area (Å²) < 4.78 is 27.5. The number of hydrogen-bond donors (Lipinski definition) is 1. The van der Waals surface area contributed by atoms with E-state index in [2.05, 4.69) is 4.72 Å². The third-order valence-electron chi connectivity index (χ3n) is 4.93. The Labute approximate surface area is 161 Å². The maximum Gasteiger partial charge on any atom is 0.254 e. The Kier molecular flexibility index (Phi) is 5.40. The van der Waals surface area contributed by atoms with Gasteiger partial charge < -0.3 is 4.90 Å². The minimum atomic E-state index is -3.55. The maximum atomic E-state index is 12.9. The van der Waals surface area contributed by atoms with Gasteiger partial charge in [0.05, 0.1) is 4.90 Å². The van der Waals surface area contributed by atoms with Crippen molar-refractivity contribution in [3.05, 3.63) is 64.2 Å². The van der Waals surface area contributed by atoms with Gasteiger partial charge in [0, 0.05) is 24.7 Å². The number of amides is 1. The molecule has 0 spiro atoms. The SMILES string of the molecule is Cc1ccc(C(=O)N2CCc3ccc(S(=O)(=O)NC(C)C)cc3C2)cc1C. The average molecular weight is 387 g/mol. The molecule has 0 radical (unpaired) electrons. The van der Waals surface area contributed by atoms with E-state index < -0.39 is 10.0 Å². The molecule has 1 aliphatic rings. The number of nitrogens with one attached hydrogen (secondary N) is 1. The second-order valence-electron chi connectivity index (χ2n) is 7.48. The molecule has 1 aliphatic heterocycles. The minimum Gasteiger partial charge on any atom is -0.334 e. The standard InChI is InChI=1S/C21H26N2O3S/c1-14(2)22-27(25,26)20-8-7-17-9-10-23(13-19(17)12-20)21(24)18-6-5-15(3)16(4)11-18/h5-8,11-12,14,22H,9-10,13H2,1-4H3. The van der Waals surface area contributed by atoms with Gasteiger partial charge >= 0.3 is 0 Å². The molecule has 1 heterocycles. The summed E-state index contributed by atoms with van der Waals surface area (Å²) in [7, 11) is -3.55. The van der Waals surface area contributed by atoms with E-state index in [1.165, 1.54) is 0 Å². The summed E-state index contributed by atoms with van der Waals surface area (Å²) in [6, 6.07) is 10.8. The van der Waals surface area contributed by atoms with Crippen LogP contribution in [-0.4, -0.2) is 31.8 Å². The molecule has 1 N–H and O–H groups in total. The zero-order valence-corrected chi connectivity index (χ0v) is 17.1. The van der Waals surface area contributed by atoms with Crippen molar-refractivity contribution in [1.82, 2.24) is 9.62 Å². The molecular weight excluding hydrogens is 360 g/mol. The lowest BCUT2D eigenvalue weighted by Gasteiger charge is -2.29. The summed E-state index contributed by atoms with van der Waals surface area (Å²) in [5, 5.41) is 0. The first-order valence-corrected chi connectivity index (χ1v) is 10.7. The van der Waals surface area contributed by atoms with Crippen LogP contribution in [0.4, 0.5) is 0 Å². The molecule has 0 bridgehead atoms. The summed E-state index contributed by atoms with van der Waals surface area (Å²) in [5.74, 6) is -0.0164. The van der Waals surface area contributed by atoms with Crippen LogP contribution >= 0.6 is 0 Å². The number of aryl methyl sites for hydroxylation is 2. The predicted octanol–water partition coefficient (Wildman–Crippen LogP) is 3.19. The number of sulfonamides is 1. The lowest BCUT2D eigenvalue weighted by molar-refractivity contribution is 0.0734. The van der Waals surface area contributed by atoms with Crippen LogP contribution in [0.25, 0.3) is 0 Å². The molecule has 6 heteroatoms. The summed E-state index contributed by atoms with van der Waals surface area (Å²) in [6.45, 7) is 8.66. The van der Waals surface area contributed by atoms with Gasteiger partial charge in [0.15, 0.2) is 0 Å². The van der Waals surface area contributed by atoms with E-state index in [4.69, 9.17) is 0 Å². The highest BCUT2D eigenvalue weighted by Crippen LogP contribution is 2.24. The van der Waals surface area contributed by atoms with Gasteiger partial charge in [0.25, 0.3) is 5.91 Å². The molecule has 0 aromatic heterocycles. The van der Waals surface area contributed by atoms with Gasteiger partial charge in [-0.3, -0.25) is 4.79 Å². The molecule has 0 aliphatic carbocycles. The number of carbonyl (C=O) groups is 1. The highest BCUT2D eigenvalue weighted by molar-refractivity contribution is 7.89. The van der Waals surface area contributed by atoms with E-state index in [1.807, 2.05) is 38.1 Å². The third-order valence-corrected chi connectivity index (χ3v) is 6.59. The zero-order valence-electron chi connectivity index (χ0n) is 16.2. The van der Waals surface area contributed by atoms with Crippen LogP contribution < -0.4 is 4.72 Å². The van der Waals surface area contributed by atoms with E-state index >= 15 is 0 Å². The van der Waals surface area contributed by atoms with Gasteiger partial charge in [0.2, 0.25) is 10.0 Å². The Bertz CT molecular complexity index is 981. The molecule has 2 aromatic carbocycles. The van der Waals surface area contributed by atoms with Crippen molar-refractivity contribution in [3.63, 3.8) is 0 Å². The van der Waals surface area contributed by atoms with Crippen molar-refractivity contribution < 1.29 is 13.2 Å². The van der Waals surface area contributed by atoms with E-state index in [9.17, 15) is 13.2 Å². The monoisotopic (exact) mass is 386 g/mol. The van der Waals surface area contributed by atoms with E-state index in [1.54, 1.807) is 30.9 Å². The smallest absolute Gasteiger partial charge is 0.254 e. The van der Waals surface area contributed by atoms with Gasteiger partial charge in [-0.05, 0) is 80.6 Å². The van der Waals surface area contributed by atoms with Gasteiger partial charge in [-0.1, -0.05) is 12.1 Å². The van der Waals surface area contributed by atoms with Crippen molar-refractivity contribution in [2.24, 2.45) is 0 Å². The van der Waals surface area contributed by atoms with Crippen molar-refractivity contribution in [2.45, 2.75) is 51.6 Å². The van der Waals surface area contributed by atoms with E-state index in [0.717, 1.165) is 28.7 Å². The van der Waals surface area contributed by atoms with Crippen molar-refractivity contribution in [3.8, 4) is 0 Å². The molecule has 2 aromatic rings. The fourth-order valence-corrected chi connectivity index (χ4v) is 4.61. The number of fused-ring (bicyclic) bond motifs is 1. The van der Waals surface area contributed by atoms with Crippen LogP contribution in [0, 0.1) is 13.8 Å². The first-order chi connectivity index (χ1) is 12.7. The summed E-state index contributed by atoms with van der Waals surface area (Å²) in [5.41, 5.74) is 4.91. The zero-order chi connectivity index (χ0) is 19.8. The van der Waals surface area contributed by atoms with Crippen LogP contribution in [0.3, 0.4) is 0 Å². The minimum absolute atomic E-state index is 0.0164. The molecule has 0 fully saturated rings. The topological polar surface area (TPSA) is 66.5 Å². The van der Waals surface area contributed by atoms with Crippen LogP contribution in [0.15, 0.2) is 41.3 Å². The summed E-state index contributed by atoms with van der Waals surface area (Å²) in [4.78, 5) is 14.9. The first kappa shape index (κ1) is 19.6. The van der Waals surface area contributed by atoms with Crippen LogP contribution in [0.5, 0.6) is 0 Å². The Hall–Kier alpha value is -2.18. The summed E-state index contributed by atoms with van der Waals surface area (Å²) in [6.07, 6.45) is 0.726. The molecule has 3 rings (SSSR count). The molecule has 5 nitrogen and oxygen atoms in total. The quantitative estimate of drug-likeness (QED) is 0.878. The lowest BCUT2D eigenvalue weighted by Crippen LogP contribution is -2.36. The van der Waals surface area contributed by atoms with Crippen LogP contribution in [-0.2, 0) is 23.0 Å². The first-order valence-electron chi connectivity index (χ1n) is 9.18. The highest BCUT2D eigenvalue weighted by Gasteiger charge is 2.24. The van der Waals surface area contributed by atoms with Crippen LogP contribution in [0.1, 0.15) is 46.5 Å². The number of benzene rings is 2. The summed E-state index contributed by atoms with van der Waals surface area (Å²) >= 11 is 0. The molecule has 1 amide bonds. The fourth-order valence-electron chi connectivity index (χ4n) is 3.31. The second-order valence-corrected chi connectivity index (χ2v) is 9.20. The molecular formula is C21H26N2O3S. The number of nitrogens with zero attached hydrogens (tertiary/aromatic N) is 1. The molecule has 0 saturated heterocycles. The molecule has 27 heavy (non-hydrogen) atoms. The maximum absolute atomic E-state index is 12.9. The molecule has 0 saturated carbocycles. The molecule has 144 valence electrons. The van der Waals surface area contributed by atoms with Crippen molar-refractivity contribution >= 4 is 15.9 Å². The third kappa shape index (κ3) is 4.22. The average Bonchev–Trinajstić information content (AvgIpc) is 2.61.